The minimum Gasteiger partial charge on any atom is -0.465 e. The van der Waals surface area contributed by atoms with Crippen LogP contribution in [0.3, 0.4) is 0 Å². The van der Waals surface area contributed by atoms with Gasteiger partial charge >= 0.3 is 6.09 Å². The van der Waals surface area contributed by atoms with Gasteiger partial charge in [-0.05, 0) is 88.5 Å². The molecule has 6 aromatic heterocycles. The Labute approximate surface area is 295 Å². The topological polar surface area (TPSA) is 180 Å². The van der Waals surface area contributed by atoms with E-state index in [1.807, 2.05) is 12.4 Å². The molecule has 15 heteroatoms. The van der Waals surface area contributed by atoms with Crippen molar-refractivity contribution in [3.63, 3.8) is 0 Å². The van der Waals surface area contributed by atoms with Crippen LogP contribution in [0.1, 0.15) is 95.1 Å². The molecule has 1 saturated heterocycles. The molecule has 0 unspecified atom stereocenters. The first-order valence-corrected chi connectivity index (χ1v) is 18.7. The molecule has 7 heterocycles. The van der Waals surface area contributed by atoms with E-state index in [2.05, 4.69) is 85.3 Å². The molecule has 6 atom stereocenters. The normalized spacial score (nSPS) is 25.4. The van der Waals surface area contributed by atoms with Crippen molar-refractivity contribution in [2.24, 2.45) is 11.8 Å². The number of ether oxygens (including phenoxy) is 1. The van der Waals surface area contributed by atoms with Crippen LogP contribution in [-0.4, -0.2) is 104 Å². The molecule has 1 aliphatic heterocycles. The molecule has 6 aromatic rings. The maximum atomic E-state index is 10.1. The van der Waals surface area contributed by atoms with E-state index in [4.69, 9.17) is 9.84 Å². The maximum Gasteiger partial charge on any atom is 0.404 e. The minimum absolute atomic E-state index is 0.216. The smallest absolute Gasteiger partial charge is 0.404 e. The summed E-state index contributed by atoms with van der Waals surface area (Å²) in [6, 6.07) is 4.11. The van der Waals surface area contributed by atoms with E-state index >= 15 is 0 Å². The lowest BCUT2D eigenvalue weighted by molar-refractivity contribution is -0.00877. The molecule has 4 N–H and O–H groups in total. The molecule has 270 valence electrons. The summed E-state index contributed by atoms with van der Waals surface area (Å²) in [6.45, 7) is 8.54. The van der Waals surface area contributed by atoms with Gasteiger partial charge in [0.2, 0.25) is 0 Å². The van der Waals surface area contributed by atoms with E-state index in [0.29, 0.717) is 30.2 Å². The summed E-state index contributed by atoms with van der Waals surface area (Å²) in [5.74, 6) is 3.71. The van der Waals surface area contributed by atoms with E-state index in [9.17, 15) is 4.79 Å². The van der Waals surface area contributed by atoms with Gasteiger partial charge in [0.05, 0.1) is 35.6 Å². The number of aromatic amines is 2. The van der Waals surface area contributed by atoms with Gasteiger partial charge in [0.25, 0.3) is 0 Å². The number of hydrogen-bond acceptors (Lipinski definition) is 9. The molecule has 0 aromatic carbocycles. The molecule has 15 nitrogen and oxygen atoms in total. The van der Waals surface area contributed by atoms with Crippen molar-refractivity contribution in [2.45, 2.75) is 95.7 Å². The van der Waals surface area contributed by atoms with Crippen LogP contribution >= 0.6 is 0 Å². The van der Waals surface area contributed by atoms with Crippen molar-refractivity contribution < 1.29 is 14.6 Å². The highest BCUT2D eigenvalue weighted by atomic mass is 16.5. The second-order valence-electron chi connectivity index (χ2n) is 14.4. The quantitative estimate of drug-likeness (QED) is 0.133. The van der Waals surface area contributed by atoms with Crippen LogP contribution < -0.4 is 5.32 Å². The van der Waals surface area contributed by atoms with Crippen molar-refractivity contribution >= 4 is 39.7 Å². The molecule has 2 saturated carbocycles. The lowest BCUT2D eigenvalue weighted by atomic mass is 9.93. The summed E-state index contributed by atoms with van der Waals surface area (Å²) in [5, 5.41) is 28.9. The number of nitrogens with zero attached hydrogens (tertiary/aromatic N) is 9. The van der Waals surface area contributed by atoms with Crippen molar-refractivity contribution in [3.8, 4) is 0 Å². The van der Waals surface area contributed by atoms with E-state index in [1.54, 1.807) is 12.4 Å². The van der Waals surface area contributed by atoms with Crippen molar-refractivity contribution in [1.29, 1.82) is 0 Å². The van der Waals surface area contributed by atoms with Crippen molar-refractivity contribution in [3.05, 3.63) is 48.6 Å². The van der Waals surface area contributed by atoms with Gasteiger partial charge in [-0.3, -0.25) is 8.80 Å². The van der Waals surface area contributed by atoms with E-state index < -0.39 is 6.09 Å². The fourth-order valence-electron chi connectivity index (χ4n) is 8.96. The highest BCUT2D eigenvalue weighted by molar-refractivity contribution is 5.75. The number of hydrogen-bond donors (Lipinski definition) is 4. The van der Waals surface area contributed by atoms with Crippen LogP contribution in [0.2, 0.25) is 0 Å². The molecule has 2 aliphatic carbocycles. The molecular weight excluding hydrogens is 648 g/mol. The van der Waals surface area contributed by atoms with Crippen LogP contribution in [0.4, 0.5) is 4.79 Å². The Bertz CT molecular complexity index is 1960. The number of rotatable bonds is 10. The summed E-state index contributed by atoms with van der Waals surface area (Å²) in [7, 11) is 0. The maximum absolute atomic E-state index is 10.1. The first-order chi connectivity index (χ1) is 25.0. The summed E-state index contributed by atoms with van der Waals surface area (Å²) in [6.07, 6.45) is 16.7. The number of carboxylic acid groups (broad SMARTS) is 1. The third-order valence-electron chi connectivity index (χ3n) is 11.5. The van der Waals surface area contributed by atoms with Crippen LogP contribution in [0, 0.1) is 11.8 Å². The Balaban J connectivity index is 0.000000267. The first kappa shape index (κ1) is 33.5. The molecule has 51 heavy (non-hydrogen) atoms. The summed E-state index contributed by atoms with van der Waals surface area (Å²) >= 11 is 0. The highest BCUT2D eigenvalue weighted by Crippen LogP contribution is 2.47. The van der Waals surface area contributed by atoms with E-state index in [-0.39, 0.29) is 12.2 Å². The zero-order valence-electron chi connectivity index (χ0n) is 29.4. The second kappa shape index (κ2) is 14.5. The van der Waals surface area contributed by atoms with Crippen molar-refractivity contribution in [2.75, 3.05) is 26.2 Å². The van der Waals surface area contributed by atoms with Gasteiger partial charge in [0.1, 0.15) is 11.6 Å². The number of H-pyrrole nitrogens is 2. The third kappa shape index (κ3) is 6.64. The van der Waals surface area contributed by atoms with Crippen molar-refractivity contribution in [1.82, 2.24) is 59.3 Å². The lowest BCUT2D eigenvalue weighted by Gasteiger charge is -2.18. The third-order valence-corrected chi connectivity index (χ3v) is 11.5. The molecule has 0 radical (unpaired) electrons. The van der Waals surface area contributed by atoms with Crippen LogP contribution in [0.15, 0.2) is 36.9 Å². The van der Waals surface area contributed by atoms with Gasteiger partial charge in [0.15, 0.2) is 22.6 Å². The Morgan fingerprint density at radius 1 is 0.824 bits per heavy atom. The molecule has 9 rings (SSSR count). The van der Waals surface area contributed by atoms with Gasteiger partial charge < -0.3 is 30.0 Å². The average molecular weight is 697 g/mol. The molecular formula is C36H48N12O3. The summed E-state index contributed by atoms with van der Waals surface area (Å²) < 4.78 is 11.3. The van der Waals surface area contributed by atoms with Gasteiger partial charge in [-0.15, -0.1) is 20.4 Å². The summed E-state index contributed by atoms with van der Waals surface area (Å²) in [4.78, 5) is 27.9. The average Bonchev–Trinajstić information content (AvgIpc) is 3.98. The number of nitrogens with one attached hydrogen (secondary N) is 3. The predicted molar refractivity (Wildman–Crippen MR) is 192 cm³/mol. The number of carbonyl (C=O) groups is 1. The molecule has 0 bridgehead atoms. The van der Waals surface area contributed by atoms with E-state index in [1.165, 1.54) is 25.9 Å². The number of aromatic nitrogens is 10. The Morgan fingerprint density at radius 2 is 1.35 bits per heavy atom. The minimum atomic E-state index is -0.920. The largest absolute Gasteiger partial charge is 0.465 e. The fraction of sp³-hybridized carbons (Fsp3) is 0.583. The number of fused-ring (bicyclic) bond motifs is 6. The second-order valence-corrected chi connectivity index (χ2v) is 14.4. The van der Waals surface area contributed by atoms with Crippen LogP contribution in [-0.2, 0) is 4.74 Å². The predicted octanol–water partition coefficient (Wildman–Crippen LogP) is 5.53. The van der Waals surface area contributed by atoms with Crippen LogP contribution in [0.5, 0.6) is 0 Å². The Morgan fingerprint density at radius 3 is 1.84 bits per heavy atom. The summed E-state index contributed by atoms with van der Waals surface area (Å²) in [5.41, 5.74) is 5.38. The Kier molecular flexibility index (Phi) is 9.56. The molecule has 1 amide bonds. The van der Waals surface area contributed by atoms with Gasteiger partial charge in [0, 0.05) is 30.8 Å². The highest BCUT2D eigenvalue weighted by Gasteiger charge is 2.42. The Hall–Kier alpha value is -4.63. The van der Waals surface area contributed by atoms with E-state index in [0.717, 1.165) is 96.8 Å². The van der Waals surface area contributed by atoms with Crippen LogP contribution in [0.25, 0.3) is 33.6 Å². The first-order valence-electron chi connectivity index (χ1n) is 18.7. The standard InChI is InChI=1S/C28H32N10O.C8H16N2O2/c1-3-15-9-17(11-19(15)27-35-33-23-13-31-25-21(37(23)27)5-7-29-25)39-18-10-16(4-2)20(12-18)28-36-34-24-14-32-26-22(38(24)28)6-8-30-26;11-8(12)9-4-3-7-10-5-1-2-6-10/h5-8,13-20,29-30H,3-4,9-12H2,1-2H3;9H,1-7H2,(H,11,12)/t15-,16-,17+,18+,19+,20+;/m1./s1. The number of amides is 1. The molecule has 3 fully saturated rings. The number of likely N-dealkylation sites (tertiary alicyclic amines) is 1. The molecule has 3 aliphatic rings. The monoisotopic (exact) mass is 696 g/mol. The zero-order valence-corrected chi connectivity index (χ0v) is 29.4. The fourth-order valence-corrected chi connectivity index (χ4v) is 8.96. The molecule has 0 spiro atoms. The van der Waals surface area contributed by atoms with Gasteiger partial charge in [-0.1, -0.05) is 26.7 Å². The van der Waals surface area contributed by atoms with Gasteiger partial charge in [-0.25, -0.2) is 14.8 Å². The lowest BCUT2D eigenvalue weighted by Crippen LogP contribution is -2.27. The van der Waals surface area contributed by atoms with Gasteiger partial charge in [-0.2, -0.15) is 0 Å². The zero-order chi connectivity index (χ0) is 34.9. The SMILES string of the molecule is CC[C@@H]1C[C@H](O[C@H]2C[C@@H](CC)[C@@H](c3nnc4cnc5[nH]ccc5n34)C2)C[C@@H]1c1nnc2cnc3[nH]ccc3n12.O=C(O)NCCCN1CCCC1.